The number of nitrogens with one attached hydrogen (secondary N) is 1. The Kier molecular flexibility index (Phi) is 5.83. The fourth-order valence-electron chi connectivity index (χ4n) is 1.94. The quantitative estimate of drug-likeness (QED) is 0.789. The highest BCUT2D eigenvalue weighted by atomic mass is 28.3. The van der Waals surface area contributed by atoms with Crippen LogP contribution in [-0.2, 0) is 4.74 Å². The van der Waals surface area contributed by atoms with Crippen molar-refractivity contribution in [2.75, 3.05) is 17.7 Å². The summed E-state index contributed by atoms with van der Waals surface area (Å²) >= 11 is 0. The zero-order chi connectivity index (χ0) is 14.2. The Morgan fingerprint density at radius 1 is 0.950 bits per heavy atom. The zero-order valence-corrected chi connectivity index (χ0v) is 13.2. The smallest absolute Gasteiger partial charge is 0.138 e. The summed E-state index contributed by atoms with van der Waals surface area (Å²) in [7, 11) is -0.748. The van der Waals surface area contributed by atoms with Gasteiger partial charge in [0.05, 0.1) is 6.10 Å². The van der Waals surface area contributed by atoms with E-state index in [0.717, 1.165) is 12.4 Å². The number of anilines is 1. The van der Waals surface area contributed by atoms with Gasteiger partial charge in [0.1, 0.15) is 8.80 Å². The van der Waals surface area contributed by atoms with Crippen molar-refractivity contribution in [1.82, 2.24) is 0 Å². The van der Waals surface area contributed by atoms with Gasteiger partial charge < -0.3 is 10.1 Å². The van der Waals surface area contributed by atoms with Gasteiger partial charge in [0.25, 0.3) is 0 Å². The molecule has 0 aliphatic carbocycles. The van der Waals surface area contributed by atoms with E-state index in [-0.39, 0.29) is 6.10 Å². The maximum atomic E-state index is 5.85. The van der Waals surface area contributed by atoms with Crippen LogP contribution < -0.4 is 10.5 Å². The fourth-order valence-corrected chi connectivity index (χ4v) is 4.03. The molecule has 0 heterocycles. The third-order valence-electron chi connectivity index (χ3n) is 3.05. The molecule has 0 spiro atoms. The van der Waals surface area contributed by atoms with Gasteiger partial charge in [0.15, 0.2) is 0 Å². The molecule has 0 saturated carbocycles. The van der Waals surface area contributed by atoms with Gasteiger partial charge in [-0.25, -0.2) is 0 Å². The van der Waals surface area contributed by atoms with Crippen LogP contribution in [0.2, 0.25) is 0 Å². The number of benzene rings is 2. The molecular formula is C17H22NOSi. The molecule has 0 unspecified atom stereocenters. The summed E-state index contributed by atoms with van der Waals surface area (Å²) in [6, 6.07) is 21.1. The molecular weight excluding hydrogens is 262 g/mol. The monoisotopic (exact) mass is 284 g/mol. The number of hydrogen-bond donors (Lipinski definition) is 1. The summed E-state index contributed by atoms with van der Waals surface area (Å²) in [6.45, 7) is 4.18. The van der Waals surface area contributed by atoms with E-state index in [9.17, 15) is 0 Å². The molecule has 2 aromatic carbocycles. The predicted molar refractivity (Wildman–Crippen MR) is 87.8 cm³/mol. The lowest BCUT2D eigenvalue weighted by atomic mass is 10.3. The SMILES string of the molecule is CC(C)OC[Si](CNc1ccccc1)c1ccccc1. The minimum Gasteiger partial charge on any atom is -0.388 e. The summed E-state index contributed by atoms with van der Waals surface area (Å²) < 4.78 is 5.85. The van der Waals surface area contributed by atoms with E-state index in [4.69, 9.17) is 4.74 Å². The van der Waals surface area contributed by atoms with E-state index in [1.54, 1.807) is 0 Å². The van der Waals surface area contributed by atoms with Crippen LogP contribution in [0.5, 0.6) is 0 Å². The minimum atomic E-state index is -0.748. The molecule has 0 bridgehead atoms. The van der Waals surface area contributed by atoms with Gasteiger partial charge in [-0.1, -0.05) is 53.7 Å². The molecule has 0 atom stereocenters. The molecule has 0 aromatic heterocycles. The largest absolute Gasteiger partial charge is 0.388 e. The molecule has 1 N–H and O–H groups in total. The molecule has 20 heavy (non-hydrogen) atoms. The second kappa shape index (κ2) is 7.87. The molecule has 0 aliphatic rings. The molecule has 105 valence electrons. The Morgan fingerprint density at radius 2 is 1.55 bits per heavy atom. The first-order valence-corrected chi connectivity index (χ1v) is 8.98. The summed E-state index contributed by atoms with van der Waals surface area (Å²) in [6.07, 6.45) is 2.10. The van der Waals surface area contributed by atoms with Crippen molar-refractivity contribution in [2.24, 2.45) is 0 Å². The Morgan fingerprint density at radius 3 is 2.15 bits per heavy atom. The van der Waals surface area contributed by atoms with Gasteiger partial charge in [0, 0.05) is 18.1 Å². The summed E-state index contributed by atoms with van der Waals surface area (Å²) in [5.41, 5.74) is 1.18. The second-order valence-corrected chi connectivity index (χ2v) is 7.48. The van der Waals surface area contributed by atoms with E-state index in [1.807, 2.05) is 6.07 Å². The lowest BCUT2D eigenvalue weighted by molar-refractivity contribution is 0.114. The molecule has 0 fully saturated rings. The minimum absolute atomic E-state index is 0.287. The first kappa shape index (κ1) is 14.8. The Hall–Kier alpha value is -1.58. The van der Waals surface area contributed by atoms with Crippen molar-refractivity contribution in [3.05, 3.63) is 60.7 Å². The maximum absolute atomic E-state index is 5.85. The van der Waals surface area contributed by atoms with E-state index >= 15 is 0 Å². The topological polar surface area (TPSA) is 21.3 Å². The number of ether oxygens (including phenoxy) is 1. The third kappa shape index (κ3) is 4.83. The van der Waals surface area contributed by atoms with E-state index in [0.29, 0.717) is 0 Å². The highest BCUT2D eigenvalue weighted by molar-refractivity contribution is 6.73. The van der Waals surface area contributed by atoms with Crippen molar-refractivity contribution in [1.29, 1.82) is 0 Å². The number of hydrogen-bond acceptors (Lipinski definition) is 2. The van der Waals surface area contributed by atoms with Crippen molar-refractivity contribution in [3.8, 4) is 0 Å². The van der Waals surface area contributed by atoms with Gasteiger partial charge >= 0.3 is 0 Å². The highest BCUT2D eigenvalue weighted by Crippen LogP contribution is 2.05. The standard InChI is InChI=1S/C17H22NOSi/c1-15(2)19-14-20(17-11-7-4-8-12-17)13-18-16-9-5-3-6-10-16/h3-12,15,18H,13-14H2,1-2H3. The maximum Gasteiger partial charge on any atom is 0.138 e. The van der Waals surface area contributed by atoms with Crippen LogP contribution in [0.25, 0.3) is 0 Å². The van der Waals surface area contributed by atoms with Crippen LogP contribution in [-0.4, -0.2) is 27.3 Å². The van der Waals surface area contributed by atoms with Crippen LogP contribution in [0, 0.1) is 0 Å². The van der Waals surface area contributed by atoms with Crippen LogP contribution in [0.4, 0.5) is 5.69 Å². The van der Waals surface area contributed by atoms with E-state index < -0.39 is 8.80 Å². The average Bonchev–Trinajstić information content (AvgIpc) is 2.49. The number of para-hydroxylation sites is 1. The average molecular weight is 284 g/mol. The zero-order valence-electron chi connectivity index (χ0n) is 12.2. The number of rotatable bonds is 7. The molecule has 0 saturated heterocycles. The van der Waals surface area contributed by atoms with E-state index in [2.05, 4.69) is 73.8 Å². The lowest BCUT2D eigenvalue weighted by Crippen LogP contribution is -2.42. The molecule has 1 radical (unpaired) electrons. The van der Waals surface area contributed by atoms with Crippen molar-refractivity contribution in [2.45, 2.75) is 20.0 Å². The molecule has 2 aromatic rings. The Balaban J connectivity index is 1.99. The molecule has 0 amide bonds. The van der Waals surface area contributed by atoms with E-state index in [1.165, 1.54) is 10.9 Å². The molecule has 2 rings (SSSR count). The summed E-state index contributed by atoms with van der Waals surface area (Å²) in [5.74, 6) is 0. The second-order valence-electron chi connectivity index (χ2n) is 5.05. The Bertz CT molecular complexity index is 487. The lowest BCUT2D eigenvalue weighted by Gasteiger charge is -2.18. The molecule has 2 nitrogen and oxygen atoms in total. The Labute approximate surface area is 123 Å². The summed E-state index contributed by atoms with van der Waals surface area (Å²) in [4.78, 5) is 0. The first-order chi connectivity index (χ1) is 9.75. The third-order valence-corrected chi connectivity index (χ3v) is 5.32. The van der Waals surface area contributed by atoms with Crippen LogP contribution in [0.3, 0.4) is 0 Å². The van der Waals surface area contributed by atoms with Crippen LogP contribution in [0.1, 0.15) is 13.8 Å². The van der Waals surface area contributed by atoms with Crippen LogP contribution in [0.15, 0.2) is 60.7 Å². The van der Waals surface area contributed by atoms with Crippen molar-refractivity contribution >= 4 is 19.7 Å². The van der Waals surface area contributed by atoms with Gasteiger partial charge in [-0.15, -0.1) is 0 Å². The summed E-state index contributed by atoms with van der Waals surface area (Å²) in [5, 5.41) is 4.95. The fraction of sp³-hybridized carbons (Fsp3) is 0.294. The van der Waals surface area contributed by atoms with Gasteiger partial charge in [-0.3, -0.25) is 0 Å². The van der Waals surface area contributed by atoms with Crippen molar-refractivity contribution in [3.63, 3.8) is 0 Å². The van der Waals surface area contributed by atoms with Crippen molar-refractivity contribution < 1.29 is 4.74 Å². The normalized spacial score (nSPS) is 11.0. The highest BCUT2D eigenvalue weighted by Gasteiger charge is 2.15. The first-order valence-electron chi connectivity index (χ1n) is 7.06. The van der Waals surface area contributed by atoms with Gasteiger partial charge in [-0.05, 0) is 26.0 Å². The predicted octanol–water partition coefficient (Wildman–Crippen LogP) is 3.00. The van der Waals surface area contributed by atoms with Crippen LogP contribution >= 0.6 is 0 Å². The molecule has 0 aliphatic heterocycles. The van der Waals surface area contributed by atoms with Gasteiger partial charge in [-0.2, -0.15) is 0 Å². The molecule has 3 heteroatoms. The van der Waals surface area contributed by atoms with Gasteiger partial charge in [0.2, 0.25) is 0 Å².